The normalized spacial score (nSPS) is 16.0. The van der Waals surface area contributed by atoms with Crippen LogP contribution < -0.4 is 16.6 Å². The van der Waals surface area contributed by atoms with Crippen LogP contribution in [0.15, 0.2) is 21.7 Å². The van der Waals surface area contributed by atoms with Gasteiger partial charge in [0.1, 0.15) is 11.6 Å². The molecule has 6 nitrogen and oxygen atoms in total. The summed E-state index contributed by atoms with van der Waals surface area (Å²) in [4.78, 5) is 39.6. The van der Waals surface area contributed by atoms with Gasteiger partial charge < -0.3 is 10.3 Å². The van der Waals surface area contributed by atoms with Crippen LogP contribution in [-0.4, -0.2) is 15.9 Å². The minimum Gasteiger partial charge on any atom is -0.349 e. The molecule has 2 aromatic rings. The Morgan fingerprint density at radius 1 is 1.29 bits per heavy atom. The Hall–Kier alpha value is -2.77. The summed E-state index contributed by atoms with van der Waals surface area (Å²) in [5.74, 6) is -1.77. The van der Waals surface area contributed by atoms with Gasteiger partial charge in [-0.3, -0.25) is 14.6 Å². The molecule has 1 aliphatic carbocycles. The Morgan fingerprint density at radius 2 is 2.04 bits per heavy atom. The zero-order valence-electron chi connectivity index (χ0n) is 12.8. The van der Waals surface area contributed by atoms with Crippen molar-refractivity contribution in [1.29, 1.82) is 0 Å². The third-order valence-corrected chi connectivity index (χ3v) is 4.18. The average Bonchev–Trinajstić information content (AvgIpc) is 2.86. The first-order valence-electron chi connectivity index (χ1n) is 7.44. The van der Waals surface area contributed by atoms with Crippen molar-refractivity contribution in [2.75, 3.05) is 0 Å². The molecule has 1 heterocycles. The van der Waals surface area contributed by atoms with E-state index in [1.165, 1.54) is 13.0 Å². The Kier molecular flexibility index (Phi) is 4.04. The van der Waals surface area contributed by atoms with Crippen LogP contribution >= 0.6 is 0 Å². The lowest BCUT2D eigenvalue weighted by Gasteiger charge is -2.14. The van der Waals surface area contributed by atoms with Crippen LogP contribution in [0.2, 0.25) is 0 Å². The maximum absolute atomic E-state index is 13.7. The predicted octanol–water partition coefficient (Wildman–Crippen LogP) is 0.996. The van der Waals surface area contributed by atoms with E-state index in [2.05, 4.69) is 15.3 Å². The molecule has 0 bridgehead atoms. The highest BCUT2D eigenvalue weighted by molar-refractivity contribution is 5.79. The van der Waals surface area contributed by atoms with Crippen molar-refractivity contribution in [3.05, 3.63) is 67.0 Å². The molecular formula is C16H15F2N3O3. The standard InChI is InChI=1S/C16H15F2N3O3/c1-7-10(15(23)21-16(24)19-7)6-14(22)20-13-3-2-9-11(13)4-8(17)5-12(9)18/h4-5,13H,2-3,6H2,1H3,(H,20,22)(H2,19,21,23,24). The molecule has 1 unspecified atom stereocenters. The number of halogens is 2. The van der Waals surface area contributed by atoms with Gasteiger partial charge in [-0.05, 0) is 37.0 Å². The molecule has 1 aromatic carbocycles. The number of benzene rings is 1. The van der Waals surface area contributed by atoms with Crippen molar-refractivity contribution in [2.45, 2.75) is 32.2 Å². The fraction of sp³-hybridized carbons (Fsp3) is 0.312. The van der Waals surface area contributed by atoms with Crippen LogP contribution in [0.5, 0.6) is 0 Å². The molecule has 1 atom stereocenters. The van der Waals surface area contributed by atoms with E-state index in [0.29, 0.717) is 29.7 Å². The van der Waals surface area contributed by atoms with Crippen molar-refractivity contribution in [1.82, 2.24) is 15.3 Å². The summed E-state index contributed by atoms with van der Waals surface area (Å²) in [5, 5.41) is 2.69. The molecule has 1 aliphatic rings. The molecule has 0 radical (unpaired) electrons. The topological polar surface area (TPSA) is 94.8 Å². The monoisotopic (exact) mass is 335 g/mol. The van der Waals surface area contributed by atoms with E-state index in [4.69, 9.17) is 0 Å². The molecule has 1 amide bonds. The molecule has 8 heteroatoms. The van der Waals surface area contributed by atoms with Gasteiger partial charge in [0.15, 0.2) is 0 Å². The third kappa shape index (κ3) is 2.99. The van der Waals surface area contributed by atoms with Crippen molar-refractivity contribution in [3.63, 3.8) is 0 Å². The summed E-state index contributed by atoms with van der Waals surface area (Å²) in [7, 11) is 0. The minimum absolute atomic E-state index is 0.149. The number of aromatic amines is 2. The Morgan fingerprint density at radius 3 is 2.75 bits per heavy atom. The van der Waals surface area contributed by atoms with Crippen molar-refractivity contribution >= 4 is 5.91 Å². The number of hydrogen-bond acceptors (Lipinski definition) is 3. The molecule has 24 heavy (non-hydrogen) atoms. The van der Waals surface area contributed by atoms with Gasteiger partial charge in [-0.2, -0.15) is 0 Å². The molecule has 3 rings (SSSR count). The fourth-order valence-corrected chi connectivity index (χ4v) is 3.04. The lowest BCUT2D eigenvalue weighted by atomic mass is 10.1. The maximum atomic E-state index is 13.7. The number of fused-ring (bicyclic) bond motifs is 1. The number of aromatic nitrogens is 2. The Labute approximate surface area is 134 Å². The quantitative estimate of drug-likeness (QED) is 0.781. The number of amides is 1. The van der Waals surface area contributed by atoms with Gasteiger partial charge >= 0.3 is 5.69 Å². The first-order valence-corrected chi connectivity index (χ1v) is 7.44. The summed E-state index contributed by atoms with van der Waals surface area (Å²) >= 11 is 0. The number of aryl methyl sites for hydroxylation is 1. The molecule has 1 aromatic heterocycles. The largest absolute Gasteiger partial charge is 0.349 e. The average molecular weight is 335 g/mol. The zero-order valence-corrected chi connectivity index (χ0v) is 12.8. The first kappa shape index (κ1) is 16.1. The molecule has 0 saturated carbocycles. The molecule has 126 valence electrons. The number of rotatable bonds is 3. The second kappa shape index (κ2) is 6.03. The lowest BCUT2D eigenvalue weighted by molar-refractivity contribution is -0.121. The summed E-state index contributed by atoms with van der Waals surface area (Å²) in [6.07, 6.45) is 0.634. The summed E-state index contributed by atoms with van der Waals surface area (Å²) in [5.41, 5.74) is 0.0129. The van der Waals surface area contributed by atoms with Crippen molar-refractivity contribution < 1.29 is 13.6 Å². The van der Waals surface area contributed by atoms with Crippen molar-refractivity contribution in [2.24, 2.45) is 0 Å². The summed E-state index contributed by atoms with van der Waals surface area (Å²) in [6.45, 7) is 1.52. The number of carbonyl (C=O) groups excluding carboxylic acids is 1. The van der Waals surface area contributed by atoms with Gasteiger partial charge in [-0.1, -0.05) is 0 Å². The second-order valence-corrected chi connectivity index (χ2v) is 5.80. The Balaban J connectivity index is 1.79. The van der Waals surface area contributed by atoms with Gasteiger partial charge in [-0.25, -0.2) is 13.6 Å². The maximum Gasteiger partial charge on any atom is 0.325 e. The summed E-state index contributed by atoms with van der Waals surface area (Å²) < 4.78 is 27.1. The number of H-pyrrole nitrogens is 2. The van der Waals surface area contributed by atoms with E-state index in [1.54, 1.807) is 0 Å². The molecule has 0 fully saturated rings. The van der Waals surface area contributed by atoms with Gasteiger partial charge in [0.25, 0.3) is 5.56 Å². The molecular weight excluding hydrogens is 320 g/mol. The van der Waals surface area contributed by atoms with E-state index in [-0.39, 0.29) is 12.0 Å². The highest BCUT2D eigenvalue weighted by Gasteiger charge is 2.27. The molecule has 3 N–H and O–H groups in total. The van der Waals surface area contributed by atoms with Gasteiger partial charge in [0.05, 0.1) is 12.5 Å². The second-order valence-electron chi connectivity index (χ2n) is 5.80. The van der Waals surface area contributed by atoms with E-state index in [0.717, 1.165) is 6.07 Å². The van der Waals surface area contributed by atoms with E-state index in [9.17, 15) is 23.2 Å². The minimum atomic E-state index is -0.694. The number of carbonyl (C=O) groups is 1. The smallest absolute Gasteiger partial charge is 0.325 e. The van der Waals surface area contributed by atoms with Crippen LogP contribution in [0.4, 0.5) is 8.78 Å². The van der Waals surface area contributed by atoms with Gasteiger partial charge in [0.2, 0.25) is 5.91 Å². The van der Waals surface area contributed by atoms with Crippen LogP contribution in [0.3, 0.4) is 0 Å². The number of hydrogen-bond donors (Lipinski definition) is 3. The Bertz CT molecular complexity index is 933. The van der Waals surface area contributed by atoms with Gasteiger partial charge in [0, 0.05) is 17.3 Å². The SMILES string of the molecule is Cc1[nH]c(=O)[nH]c(=O)c1CC(=O)NC1CCc2c(F)cc(F)cc21. The highest BCUT2D eigenvalue weighted by atomic mass is 19.1. The first-order chi connectivity index (χ1) is 11.3. The lowest BCUT2D eigenvalue weighted by Crippen LogP contribution is -2.33. The van der Waals surface area contributed by atoms with Crippen molar-refractivity contribution in [3.8, 4) is 0 Å². The summed E-state index contributed by atoms with van der Waals surface area (Å²) in [6, 6.07) is 1.54. The number of nitrogens with one attached hydrogen (secondary N) is 3. The van der Waals surface area contributed by atoms with Crippen LogP contribution in [-0.2, 0) is 17.6 Å². The van der Waals surface area contributed by atoms with E-state index >= 15 is 0 Å². The highest BCUT2D eigenvalue weighted by Crippen LogP contribution is 2.33. The van der Waals surface area contributed by atoms with Crippen LogP contribution in [0.1, 0.15) is 34.8 Å². The zero-order chi connectivity index (χ0) is 17.4. The molecule has 0 saturated heterocycles. The third-order valence-electron chi connectivity index (χ3n) is 4.18. The fourth-order valence-electron chi connectivity index (χ4n) is 3.04. The molecule has 0 aliphatic heterocycles. The van der Waals surface area contributed by atoms with E-state index in [1.807, 2.05) is 0 Å². The van der Waals surface area contributed by atoms with Gasteiger partial charge in [-0.15, -0.1) is 0 Å². The predicted molar refractivity (Wildman–Crippen MR) is 81.7 cm³/mol. The van der Waals surface area contributed by atoms with E-state index < -0.39 is 34.8 Å². The van der Waals surface area contributed by atoms with Crippen LogP contribution in [0.25, 0.3) is 0 Å². The van der Waals surface area contributed by atoms with Crippen LogP contribution in [0, 0.1) is 18.6 Å². The molecule has 0 spiro atoms.